The lowest BCUT2D eigenvalue weighted by atomic mass is 9.98. The van der Waals surface area contributed by atoms with E-state index in [4.69, 9.17) is 0 Å². The minimum Gasteiger partial charge on any atom is -0.479 e. The number of hydrogen-bond acceptors (Lipinski definition) is 2. The molecule has 4 heteroatoms. The van der Waals surface area contributed by atoms with Gasteiger partial charge in [0.2, 0.25) is 0 Å². The number of aromatic nitrogens is 2. The monoisotopic (exact) mass is 196 g/mol. The van der Waals surface area contributed by atoms with E-state index in [9.17, 15) is 9.90 Å². The van der Waals surface area contributed by atoms with Crippen LogP contribution in [-0.2, 0) is 10.3 Å². The molecule has 0 fully saturated rings. The van der Waals surface area contributed by atoms with Crippen molar-refractivity contribution in [2.75, 3.05) is 0 Å². The van der Waals surface area contributed by atoms with Crippen LogP contribution in [0.2, 0.25) is 0 Å². The molecule has 1 rings (SSSR count). The molecular formula is C10H16N2O2. The Labute approximate surface area is 83.6 Å². The molecule has 1 unspecified atom stereocenters. The summed E-state index contributed by atoms with van der Waals surface area (Å²) < 4.78 is 1.73. The number of carboxylic acid groups (broad SMARTS) is 1. The van der Waals surface area contributed by atoms with E-state index in [0.29, 0.717) is 6.42 Å². The normalized spacial score (nSPS) is 15.1. The van der Waals surface area contributed by atoms with Crippen molar-refractivity contribution in [3.63, 3.8) is 0 Å². The molecule has 14 heavy (non-hydrogen) atoms. The van der Waals surface area contributed by atoms with Crippen LogP contribution in [0.25, 0.3) is 0 Å². The quantitative estimate of drug-likeness (QED) is 0.800. The second-order valence-corrected chi connectivity index (χ2v) is 3.72. The van der Waals surface area contributed by atoms with E-state index in [0.717, 1.165) is 11.4 Å². The third kappa shape index (κ3) is 1.41. The average Bonchev–Trinajstić information content (AvgIpc) is 2.46. The summed E-state index contributed by atoms with van der Waals surface area (Å²) in [6.07, 6.45) is 2.14. The summed E-state index contributed by atoms with van der Waals surface area (Å²) in [5.74, 6) is -0.819. The summed E-state index contributed by atoms with van der Waals surface area (Å²) in [4.78, 5) is 15.3. The first kappa shape index (κ1) is 10.8. The fourth-order valence-electron chi connectivity index (χ4n) is 1.42. The van der Waals surface area contributed by atoms with Crippen molar-refractivity contribution in [3.05, 3.63) is 17.7 Å². The predicted octanol–water partition coefficient (Wildman–Crippen LogP) is 1.71. The molecule has 0 bridgehead atoms. The molecule has 0 radical (unpaired) electrons. The smallest absolute Gasteiger partial charge is 0.329 e. The van der Waals surface area contributed by atoms with Crippen LogP contribution < -0.4 is 0 Å². The topological polar surface area (TPSA) is 55.1 Å². The third-order valence-electron chi connectivity index (χ3n) is 2.93. The van der Waals surface area contributed by atoms with Gasteiger partial charge in [0.1, 0.15) is 5.54 Å². The summed E-state index contributed by atoms with van der Waals surface area (Å²) in [6.45, 7) is 7.34. The lowest BCUT2D eigenvalue weighted by molar-refractivity contribution is -0.146. The number of rotatable bonds is 3. The number of aryl methyl sites for hydroxylation is 1. The van der Waals surface area contributed by atoms with Crippen LogP contribution in [0.1, 0.15) is 31.7 Å². The molecule has 0 saturated heterocycles. The standard InChI is InChI=1S/C10H16N2O2/c1-5-10(4,9(13)14)12-6-11-7(2)8(12)3/h6H,5H2,1-4H3,(H,13,14). The lowest BCUT2D eigenvalue weighted by Crippen LogP contribution is -2.38. The van der Waals surface area contributed by atoms with Crippen LogP contribution >= 0.6 is 0 Å². The fraction of sp³-hybridized carbons (Fsp3) is 0.600. The van der Waals surface area contributed by atoms with Gasteiger partial charge >= 0.3 is 5.97 Å². The molecule has 0 aliphatic carbocycles. The predicted molar refractivity (Wildman–Crippen MR) is 53.3 cm³/mol. The maximum atomic E-state index is 11.2. The number of nitrogens with zero attached hydrogens (tertiary/aromatic N) is 2. The Morgan fingerprint density at radius 1 is 1.64 bits per heavy atom. The summed E-state index contributed by atoms with van der Waals surface area (Å²) in [7, 11) is 0. The number of carboxylic acids is 1. The highest BCUT2D eigenvalue weighted by molar-refractivity contribution is 5.76. The molecular weight excluding hydrogens is 180 g/mol. The first-order valence-electron chi connectivity index (χ1n) is 4.68. The fourth-order valence-corrected chi connectivity index (χ4v) is 1.42. The molecule has 1 N–H and O–H groups in total. The molecule has 0 aliphatic heterocycles. The Hall–Kier alpha value is -1.32. The van der Waals surface area contributed by atoms with Gasteiger partial charge in [-0.25, -0.2) is 9.78 Å². The average molecular weight is 196 g/mol. The highest BCUT2D eigenvalue weighted by atomic mass is 16.4. The number of carbonyl (C=O) groups is 1. The van der Waals surface area contributed by atoms with Crippen molar-refractivity contribution < 1.29 is 9.90 Å². The van der Waals surface area contributed by atoms with Crippen LogP contribution in [0.4, 0.5) is 0 Å². The van der Waals surface area contributed by atoms with Crippen LogP contribution in [0.15, 0.2) is 6.33 Å². The maximum absolute atomic E-state index is 11.2. The maximum Gasteiger partial charge on any atom is 0.329 e. The summed E-state index contributed by atoms with van der Waals surface area (Å²) in [5.41, 5.74) is 0.911. The second-order valence-electron chi connectivity index (χ2n) is 3.72. The van der Waals surface area contributed by atoms with Gasteiger partial charge in [-0.2, -0.15) is 0 Å². The first-order valence-corrected chi connectivity index (χ1v) is 4.68. The van der Waals surface area contributed by atoms with Crippen molar-refractivity contribution >= 4 is 5.97 Å². The van der Waals surface area contributed by atoms with Gasteiger partial charge in [0.15, 0.2) is 0 Å². The molecule has 1 aromatic heterocycles. The molecule has 4 nitrogen and oxygen atoms in total. The third-order valence-corrected chi connectivity index (χ3v) is 2.93. The highest BCUT2D eigenvalue weighted by Crippen LogP contribution is 2.23. The Morgan fingerprint density at radius 3 is 2.50 bits per heavy atom. The zero-order valence-corrected chi connectivity index (χ0v) is 9.03. The SMILES string of the molecule is CCC(C)(C(=O)O)n1cnc(C)c1C. The van der Waals surface area contributed by atoms with E-state index in [2.05, 4.69) is 4.98 Å². The van der Waals surface area contributed by atoms with E-state index in [-0.39, 0.29) is 0 Å². The molecule has 0 aromatic carbocycles. The lowest BCUT2D eigenvalue weighted by Gasteiger charge is -2.26. The van der Waals surface area contributed by atoms with Crippen molar-refractivity contribution in [3.8, 4) is 0 Å². The molecule has 0 saturated carbocycles. The molecule has 1 aromatic rings. The number of aliphatic carboxylic acids is 1. The van der Waals surface area contributed by atoms with Gasteiger partial charge < -0.3 is 9.67 Å². The van der Waals surface area contributed by atoms with Crippen molar-refractivity contribution in [2.24, 2.45) is 0 Å². The Kier molecular flexibility index (Phi) is 2.64. The highest BCUT2D eigenvalue weighted by Gasteiger charge is 2.34. The zero-order chi connectivity index (χ0) is 10.9. The van der Waals surface area contributed by atoms with Gasteiger partial charge in [0, 0.05) is 5.69 Å². The minimum atomic E-state index is -0.884. The molecule has 1 heterocycles. The van der Waals surface area contributed by atoms with Gasteiger partial charge in [-0.15, -0.1) is 0 Å². The molecule has 0 amide bonds. The Balaban J connectivity index is 3.26. The van der Waals surface area contributed by atoms with Crippen molar-refractivity contribution in [1.29, 1.82) is 0 Å². The van der Waals surface area contributed by atoms with E-state index < -0.39 is 11.5 Å². The number of imidazole rings is 1. The Bertz CT molecular complexity index is 357. The number of hydrogen-bond donors (Lipinski definition) is 1. The molecule has 0 aliphatic rings. The van der Waals surface area contributed by atoms with Gasteiger partial charge in [-0.05, 0) is 27.2 Å². The van der Waals surface area contributed by atoms with Crippen LogP contribution in [0.3, 0.4) is 0 Å². The van der Waals surface area contributed by atoms with E-state index in [1.807, 2.05) is 20.8 Å². The van der Waals surface area contributed by atoms with Gasteiger partial charge in [-0.1, -0.05) is 6.92 Å². The van der Waals surface area contributed by atoms with E-state index in [1.165, 1.54) is 0 Å². The molecule has 0 spiro atoms. The van der Waals surface area contributed by atoms with Crippen molar-refractivity contribution in [2.45, 2.75) is 39.7 Å². The molecule has 1 atom stereocenters. The largest absolute Gasteiger partial charge is 0.479 e. The van der Waals surface area contributed by atoms with Crippen LogP contribution in [-0.4, -0.2) is 20.6 Å². The van der Waals surface area contributed by atoms with Gasteiger partial charge in [-0.3, -0.25) is 0 Å². The van der Waals surface area contributed by atoms with Crippen LogP contribution in [0.5, 0.6) is 0 Å². The first-order chi connectivity index (χ1) is 6.43. The van der Waals surface area contributed by atoms with E-state index >= 15 is 0 Å². The van der Waals surface area contributed by atoms with E-state index in [1.54, 1.807) is 17.8 Å². The van der Waals surface area contributed by atoms with Gasteiger partial charge in [0.05, 0.1) is 12.0 Å². The molecule has 78 valence electrons. The zero-order valence-electron chi connectivity index (χ0n) is 9.03. The summed E-state index contributed by atoms with van der Waals surface area (Å²) in [5, 5.41) is 9.17. The summed E-state index contributed by atoms with van der Waals surface area (Å²) >= 11 is 0. The minimum absolute atomic E-state index is 0.541. The van der Waals surface area contributed by atoms with Gasteiger partial charge in [0.25, 0.3) is 0 Å². The van der Waals surface area contributed by atoms with Crippen LogP contribution in [0, 0.1) is 13.8 Å². The second kappa shape index (κ2) is 3.44. The summed E-state index contributed by atoms with van der Waals surface area (Å²) in [6, 6.07) is 0. The van der Waals surface area contributed by atoms with Crippen molar-refractivity contribution in [1.82, 2.24) is 9.55 Å². The Morgan fingerprint density at radius 2 is 2.21 bits per heavy atom.